The van der Waals surface area contributed by atoms with Crippen molar-refractivity contribution in [2.45, 2.75) is 19.0 Å². The highest BCUT2D eigenvalue weighted by molar-refractivity contribution is 7.80. The number of amides is 1. The Morgan fingerprint density at radius 3 is 2.57 bits per heavy atom. The third-order valence-corrected chi connectivity index (χ3v) is 7.57. The number of rotatable bonds is 8. The fourth-order valence-corrected chi connectivity index (χ4v) is 5.52. The number of carbonyl (C=O) groups excluding carboxylic acids is 1. The summed E-state index contributed by atoms with van der Waals surface area (Å²) < 4.78 is 12.0. The number of hydrogen-bond acceptors (Lipinski definition) is 5. The van der Waals surface area contributed by atoms with Crippen molar-refractivity contribution in [3.63, 3.8) is 0 Å². The first-order chi connectivity index (χ1) is 20.5. The average Bonchev–Trinajstić information content (AvgIpc) is 3.63. The summed E-state index contributed by atoms with van der Waals surface area (Å²) in [6.45, 7) is 1.93. The quantitative estimate of drug-likeness (QED) is 0.180. The molecule has 3 aromatic carbocycles. The molecule has 1 amide bonds. The summed E-state index contributed by atoms with van der Waals surface area (Å²) in [5, 5.41) is 7.51. The molecular formula is C33H27ClN4O3S. The number of benzene rings is 3. The first-order valence-electron chi connectivity index (χ1n) is 13.4. The number of para-hydroxylation sites is 1. The molecule has 9 heteroatoms. The number of thiocarbonyl (C=S) groups is 1. The van der Waals surface area contributed by atoms with Crippen molar-refractivity contribution in [1.82, 2.24) is 10.3 Å². The van der Waals surface area contributed by atoms with Gasteiger partial charge in [0.15, 0.2) is 11.7 Å². The molecule has 0 unspecified atom stereocenters. The Bertz CT molecular complexity index is 1710. The summed E-state index contributed by atoms with van der Waals surface area (Å²) in [7, 11) is 0. The van der Waals surface area contributed by atoms with E-state index in [1.165, 1.54) is 0 Å². The molecule has 210 valence electrons. The standard InChI is InChI=1S/C33H27ClN4O3S/c1-21-10-11-22(34)19-26(21)28-16-17-29(41-28)32-31(27-9-5-6-18-35-27)37-33(42)38(32)24-14-12-23(13-15-24)36-30(39)20-40-25-7-3-2-4-8-25/h2-19,31-32H,20H2,1H3,(H,36,39)(H,37,42)/t31-,32+/m1/s1. The van der Waals surface area contributed by atoms with Gasteiger partial charge in [-0.25, -0.2) is 0 Å². The maximum Gasteiger partial charge on any atom is 0.262 e. The van der Waals surface area contributed by atoms with Crippen LogP contribution in [0.5, 0.6) is 5.75 Å². The van der Waals surface area contributed by atoms with Crippen LogP contribution < -0.4 is 20.3 Å². The molecule has 3 heterocycles. The van der Waals surface area contributed by atoms with Gasteiger partial charge < -0.3 is 24.7 Å². The van der Waals surface area contributed by atoms with Crippen molar-refractivity contribution in [1.29, 1.82) is 0 Å². The zero-order chi connectivity index (χ0) is 29.1. The van der Waals surface area contributed by atoms with Crippen molar-refractivity contribution in [2.24, 2.45) is 0 Å². The molecule has 0 aliphatic carbocycles. The van der Waals surface area contributed by atoms with Crippen molar-refractivity contribution < 1.29 is 13.9 Å². The molecule has 1 aliphatic heterocycles. The van der Waals surface area contributed by atoms with Gasteiger partial charge in [-0.2, -0.15) is 0 Å². The van der Waals surface area contributed by atoms with Gasteiger partial charge in [0.1, 0.15) is 23.3 Å². The van der Waals surface area contributed by atoms with Crippen LogP contribution in [0.3, 0.4) is 0 Å². The molecular weight excluding hydrogens is 568 g/mol. The van der Waals surface area contributed by atoms with Gasteiger partial charge in [0.05, 0.1) is 11.7 Å². The second kappa shape index (κ2) is 12.1. The second-order valence-electron chi connectivity index (χ2n) is 9.85. The maximum absolute atomic E-state index is 12.5. The van der Waals surface area contributed by atoms with E-state index in [1.807, 2.05) is 115 Å². The van der Waals surface area contributed by atoms with E-state index in [9.17, 15) is 4.79 Å². The summed E-state index contributed by atoms with van der Waals surface area (Å²) in [4.78, 5) is 19.1. The summed E-state index contributed by atoms with van der Waals surface area (Å²) in [6, 6.07) is 31.6. The molecule has 1 saturated heterocycles. The van der Waals surface area contributed by atoms with Gasteiger partial charge in [-0.15, -0.1) is 0 Å². The predicted molar refractivity (Wildman–Crippen MR) is 169 cm³/mol. The molecule has 2 atom stereocenters. The fourth-order valence-electron chi connectivity index (χ4n) is 5.01. The monoisotopic (exact) mass is 594 g/mol. The van der Waals surface area contributed by atoms with Gasteiger partial charge in [-0.1, -0.05) is 41.9 Å². The van der Waals surface area contributed by atoms with E-state index in [-0.39, 0.29) is 24.6 Å². The molecule has 0 bridgehead atoms. The van der Waals surface area contributed by atoms with Crippen molar-refractivity contribution >= 4 is 46.2 Å². The maximum atomic E-state index is 12.5. The van der Waals surface area contributed by atoms with Crippen molar-refractivity contribution in [3.8, 4) is 17.1 Å². The Morgan fingerprint density at radius 1 is 1.02 bits per heavy atom. The van der Waals surface area contributed by atoms with Crippen LogP contribution in [0.1, 0.15) is 29.1 Å². The lowest BCUT2D eigenvalue weighted by Gasteiger charge is -2.26. The number of hydrogen-bond donors (Lipinski definition) is 2. The molecule has 1 fully saturated rings. The first kappa shape index (κ1) is 27.5. The zero-order valence-electron chi connectivity index (χ0n) is 22.7. The van der Waals surface area contributed by atoms with E-state index < -0.39 is 0 Å². The molecule has 42 heavy (non-hydrogen) atoms. The summed E-state index contributed by atoms with van der Waals surface area (Å²) in [5.74, 6) is 1.83. The number of halogens is 1. The molecule has 2 N–H and O–H groups in total. The Morgan fingerprint density at radius 2 is 1.81 bits per heavy atom. The van der Waals surface area contributed by atoms with Crippen LogP contribution >= 0.6 is 23.8 Å². The van der Waals surface area contributed by atoms with E-state index in [0.717, 1.165) is 34.0 Å². The molecule has 1 aliphatic rings. The van der Waals surface area contributed by atoms with Crippen LogP contribution in [0.15, 0.2) is 114 Å². The number of anilines is 2. The lowest BCUT2D eigenvalue weighted by molar-refractivity contribution is -0.118. The van der Waals surface area contributed by atoms with Crippen LogP contribution in [-0.4, -0.2) is 22.6 Å². The molecule has 7 nitrogen and oxygen atoms in total. The summed E-state index contributed by atoms with van der Waals surface area (Å²) in [6.07, 6.45) is 1.77. The number of carbonyl (C=O) groups is 1. The molecule has 0 spiro atoms. The van der Waals surface area contributed by atoms with Crippen LogP contribution in [0.4, 0.5) is 11.4 Å². The Hall–Kier alpha value is -4.66. The van der Waals surface area contributed by atoms with E-state index in [0.29, 0.717) is 21.6 Å². The lowest BCUT2D eigenvalue weighted by Crippen LogP contribution is -2.29. The average molecular weight is 595 g/mol. The minimum atomic E-state index is -0.319. The van der Waals surface area contributed by atoms with Crippen molar-refractivity contribution in [2.75, 3.05) is 16.8 Å². The summed E-state index contributed by atoms with van der Waals surface area (Å²) in [5.41, 5.74) is 4.32. The number of nitrogens with zero attached hydrogens (tertiary/aromatic N) is 2. The van der Waals surface area contributed by atoms with E-state index in [1.54, 1.807) is 6.20 Å². The largest absolute Gasteiger partial charge is 0.484 e. The van der Waals surface area contributed by atoms with Gasteiger partial charge in [0.2, 0.25) is 0 Å². The first-order valence-corrected chi connectivity index (χ1v) is 14.2. The topological polar surface area (TPSA) is 79.6 Å². The molecule has 0 radical (unpaired) electrons. The highest BCUT2D eigenvalue weighted by Gasteiger charge is 2.42. The zero-order valence-corrected chi connectivity index (χ0v) is 24.2. The van der Waals surface area contributed by atoms with E-state index >= 15 is 0 Å². The van der Waals surface area contributed by atoms with Crippen LogP contribution in [0, 0.1) is 6.92 Å². The Labute approximate surface area is 254 Å². The molecule has 6 rings (SSSR count). The van der Waals surface area contributed by atoms with Gasteiger partial charge in [-0.3, -0.25) is 9.78 Å². The number of aryl methyl sites for hydroxylation is 1. The third kappa shape index (κ3) is 5.86. The van der Waals surface area contributed by atoms with Crippen molar-refractivity contribution in [3.05, 3.63) is 131 Å². The third-order valence-electron chi connectivity index (χ3n) is 7.02. The Kier molecular flexibility index (Phi) is 7.90. The van der Waals surface area contributed by atoms with E-state index in [4.69, 9.17) is 33.0 Å². The van der Waals surface area contributed by atoms with Crippen LogP contribution in [0.25, 0.3) is 11.3 Å². The highest BCUT2D eigenvalue weighted by Crippen LogP contribution is 2.43. The predicted octanol–water partition coefficient (Wildman–Crippen LogP) is 7.50. The molecule has 2 aromatic heterocycles. The minimum absolute atomic E-state index is 0.0906. The van der Waals surface area contributed by atoms with Gasteiger partial charge >= 0.3 is 0 Å². The van der Waals surface area contributed by atoms with Gasteiger partial charge in [-0.05, 0) is 97.5 Å². The molecule has 5 aromatic rings. The number of aromatic nitrogens is 1. The smallest absolute Gasteiger partial charge is 0.262 e. The number of nitrogens with one attached hydrogen (secondary N) is 2. The molecule has 0 saturated carbocycles. The summed E-state index contributed by atoms with van der Waals surface area (Å²) >= 11 is 12.1. The normalized spacial score (nSPS) is 16.2. The van der Waals surface area contributed by atoms with Crippen LogP contribution in [-0.2, 0) is 4.79 Å². The van der Waals surface area contributed by atoms with Gasteiger partial charge in [0.25, 0.3) is 5.91 Å². The van der Waals surface area contributed by atoms with Gasteiger partial charge in [0, 0.05) is 28.2 Å². The lowest BCUT2D eigenvalue weighted by atomic mass is 10.0. The minimum Gasteiger partial charge on any atom is -0.484 e. The highest BCUT2D eigenvalue weighted by atomic mass is 35.5. The van der Waals surface area contributed by atoms with Crippen LogP contribution in [0.2, 0.25) is 5.02 Å². The number of ether oxygens (including phenoxy) is 1. The Balaban J connectivity index is 1.27. The SMILES string of the molecule is Cc1ccc(Cl)cc1-c1ccc([C@H]2[C@@H](c3ccccn3)NC(=S)N2c2ccc(NC(=O)COc3ccccc3)cc2)o1. The number of furan rings is 1. The second-order valence-corrected chi connectivity index (χ2v) is 10.7. The number of pyridine rings is 1. The van der Waals surface area contributed by atoms with E-state index in [2.05, 4.69) is 15.6 Å². The fraction of sp³-hybridized carbons (Fsp3) is 0.121.